The highest BCUT2D eigenvalue weighted by Gasteiger charge is 2.00. The number of halogens is 1. The van der Waals surface area contributed by atoms with Crippen LogP contribution in [0, 0.1) is 0 Å². The van der Waals surface area contributed by atoms with Crippen LogP contribution in [0.5, 0.6) is 11.5 Å². The number of hydrogen-bond acceptors (Lipinski definition) is 6. The first-order valence-electron chi connectivity index (χ1n) is 8.72. The van der Waals surface area contributed by atoms with Crippen molar-refractivity contribution in [1.82, 2.24) is 0 Å². The van der Waals surface area contributed by atoms with Crippen LogP contribution in [0.4, 0.5) is 0 Å². The lowest BCUT2D eigenvalue weighted by Crippen LogP contribution is -3.00. The van der Waals surface area contributed by atoms with Gasteiger partial charge in [0, 0.05) is 0 Å². The average Bonchev–Trinajstić information content (AvgIpc) is 2.70. The van der Waals surface area contributed by atoms with Crippen molar-refractivity contribution >= 4 is 29.4 Å². The lowest BCUT2D eigenvalue weighted by atomic mass is 10.2. The fourth-order valence-corrected chi connectivity index (χ4v) is 2.39. The monoisotopic (exact) mass is 512 g/mol. The maximum Gasteiger partial charge on any atom is 0.305 e. The van der Waals surface area contributed by atoms with Crippen LogP contribution in [0.3, 0.4) is 0 Å². The van der Waals surface area contributed by atoms with Crippen molar-refractivity contribution in [2.24, 2.45) is 15.3 Å². The highest BCUT2D eigenvalue weighted by Crippen LogP contribution is 2.11. The van der Waals surface area contributed by atoms with Gasteiger partial charge in [0.05, 0.1) is 25.6 Å². The number of thioether (sulfide) groups is 1. The Labute approximate surface area is 187 Å². The summed E-state index contributed by atoms with van der Waals surface area (Å²) < 4.78 is 10.8. The minimum absolute atomic E-state index is 0. The van der Waals surface area contributed by atoms with E-state index in [1.165, 1.54) is 11.8 Å². The number of nitrogens with two attached hydrogens (primary N) is 1. The average molecular weight is 512 g/mol. The van der Waals surface area contributed by atoms with Crippen LogP contribution < -0.4 is 38.9 Å². The number of quaternary nitrogens is 1. The smallest absolute Gasteiger partial charge is 0.305 e. The van der Waals surface area contributed by atoms with E-state index in [1.807, 2.05) is 68.6 Å². The molecule has 2 rings (SSSR count). The molecule has 0 heterocycles. The van der Waals surface area contributed by atoms with Gasteiger partial charge in [-0.25, -0.2) is 0 Å². The van der Waals surface area contributed by atoms with Gasteiger partial charge < -0.3 is 33.5 Å². The molecule has 2 aromatic rings. The van der Waals surface area contributed by atoms with Gasteiger partial charge >= 0.3 is 5.17 Å². The summed E-state index contributed by atoms with van der Waals surface area (Å²) in [6.07, 6.45) is 5.42. The minimum atomic E-state index is 0. The van der Waals surface area contributed by atoms with Gasteiger partial charge in [0.25, 0.3) is 0 Å². The van der Waals surface area contributed by atoms with Gasteiger partial charge in [-0.3, -0.25) is 0 Å². The molecule has 0 aliphatic heterocycles. The van der Waals surface area contributed by atoms with Crippen LogP contribution in [0.2, 0.25) is 0 Å². The van der Waals surface area contributed by atoms with Crippen molar-refractivity contribution in [2.75, 3.05) is 19.5 Å². The van der Waals surface area contributed by atoms with Crippen LogP contribution in [0.25, 0.3) is 0 Å². The molecule has 2 aromatic carbocycles. The van der Waals surface area contributed by atoms with E-state index in [4.69, 9.17) is 9.47 Å². The fraction of sp³-hybridized carbons (Fsp3) is 0.250. The van der Waals surface area contributed by atoms with Crippen molar-refractivity contribution in [3.05, 3.63) is 59.7 Å². The topological polar surface area (TPSA) is 72.2 Å². The van der Waals surface area contributed by atoms with Gasteiger partial charge in [0.2, 0.25) is 0 Å². The molecule has 0 radical (unpaired) electrons. The second kappa shape index (κ2) is 14.1. The van der Waals surface area contributed by atoms with Gasteiger partial charge in [-0.15, -0.1) is 0 Å². The summed E-state index contributed by atoms with van der Waals surface area (Å²) in [4.78, 5) is 0. The number of ether oxygens (including phenoxy) is 2. The summed E-state index contributed by atoms with van der Waals surface area (Å²) in [7, 11) is 0. The number of rotatable bonds is 8. The zero-order valence-corrected chi connectivity index (χ0v) is 19.2. The van der Waals surface area contributed by atoms with Crippen molar-refractivity contribution in [1.29, 1.82) is 0 Å². The predicted octanol–water partition coefficient (Wildman–Crippen LogP) is 0.138. The Bertz CT molecular complexity index is 778. The van der Waals surface area contributed by atoms with E-state index in [9.17, 15) is 0 Å². The van der Waals surface area contributed by atoms with E-state index < -0.39 is 0 Å². The van der Waals surface area contributed by atoms with E-state index in [2.05, 4.69) is 15.3 Å². The van der Waals surface area contributed by atoms with E-state index in [-0.39, 0.29) is 24.0 Å². The number of amidine groups is 1. The molecule has 2 N–H and O–H groups in total. The van der Waals surface area contributed by atoms with Crippen molar-refractivity contribution in [2.45, 2.75) is 13.8 Å². The second-order valence-corrected chi connectivity index (χ2v) is 6.12. The van der Waals surface area contributed by atoms with Crippen LogP contribution in [0.1, 0.15) is 25.0 Å². The third-order valence-corrected chi connectivity index (χ3v) is 3.97. The summed E-state index contributed by atoms with van der Waals surface area (Å²) in [5.41, 5.74) is 3.64. The zero-order valence-electron chi connectivity index (χ0n) is 16.2. The summed E-state index contributed by atoms with van der Waals surface area (Å²) in [6, 6.07) is 15.5. The molecule has 28 heavy (non-hydrogen) atoms. The summed E-state index contributed by atoms with van der Waals surface area (Å²) >= 11 is 1.49. The van der Waals surface area contributed by atoms with E-state index >= 15 is 0 Å². The quantitative estimate of drug-likeness (QED) is 0.180. The molecular formula is C20H25IN4O2S. The first-order valence-corrected chi connectivity index (χ1v) is 9.94. The molecule has 0 fully saturated rings. The maximum absolute atomic E-state index is 5.42. The maximum atomic E-state index is 5.42. The molecule has 0 aliphatic carbocycles. The Kier molecular flexibility index (Phi) is 12.2. The van der Waals surface area contributed by atoms with Gasteiger partial charge in [0.15, 0.2) is 0 Å². The molecule has 6 nitrogen and oxygen atoms in total. The summed E-state index contributed by atoms with van der Waals surface area (Å²) in [6.45, 7) is 5.24. The molecule has 0 atom stereocenters. The lowest BCUT2D eigenvalue weighted by molar-refractivity contribution is -0.539. The Hall–Kier alpha value is -1.91. The third-order valence-electron chi connectivity index (χ3n) is 3.36. The van der Waals surface area contributed by atoms with Crippen molar-refractivity contribution < 1.29 is 38.9 Å². The van der Waals surface area contributed by atoms with Crippen LogP contribution in [0.15, 0.2) is 63.8 Å². The third kappa shape index (κ3) is 8.85. The Morgan fingerprint density at radius 3 is 1.86 bits per heavy atom. The van der Waals surface area contributed by atoms with Crippen LogP contribution in [-0.4, -0.2) is 37.1 Å². The molecule has 0 bridgehead atoms. The predicted molar refractivity (Wildman–Crippen MR) is 113 cm³/mol. The summed E-state index contributed by atoms with van der Waals surface area (Å²) in [5.74, 6) is 1.70. The molecule has 0 amide bonds. The lowest BCUT2D eigenvalue weighted by Gasteiger charge is -2.01. The van der Waals surface area contributed by atoms with E-state index in [0.717, 1.165) is 27.8 Å². The number of nitrogens with zero attached hydrogens (tertiary/aromatic N) is 3. The Balaban J connectivity index is 0.00000392. The number of hydrogen-bond donors (Lipinski definition) is 1. The molecule has 0 unspecified atom stereocenters. The highest BCUT2D eigenvalue weighted by atomic mass is 127. The molecule has 8 heteroatoms. The highest BCUT2D eigenvalue weighted by molar-refractivity contribution is 8.12. The second-order valence-electron chi connectivity index (χ2n) is 5.30. The first kappa shape index (κ1) is 24.1. The zero-order chi connectivity index (χ0) is 19.3. The largest absolute Gasteiger partial charge is 1.00 e. The fourth-order valence-electron chi connectivity index (χ4n) is 2.09. The molecule has 150 valence electrons. The molecular weight excluding hydrogens is 487 g/mol. The van der Waals surface area contributed by atoms with Gasteiger partial charge in [-0.1, -0.05) is 10.2 Å². The molecule has 0 saturated carbocycles. The van der Waals surface area contributed by atoms with Gasteiger partial charge in [0.1, 0.15) is 11.5 Å². The SMILES string of the molecule is CCOc1ccc(/C=N/N=C(\[NH2+]/N=C/c2ccc(OCC)cc2)SC)cc1.[I-]. The Morgan fingerprint density at radius 1 is 0.893 bits per heavy atom. The van der Waals surface area contributed by atoms with Crippen molar-refractivity contribution in [3.63, 3.8) is 0 Å². The van der Waals surface area contributed by atoms with Crippen LogP contribution >= 0.6 is 11.8 Å². The minimum Gasteiger partial charge on any atom is -1.00 e. The molecule has 0 spiro atoms. The molecule has 0 saturated heterocycles. The number of benzene rings is 2. The van der Waals surface area contributed by atoms with Crippen LogP contribution in [-0.2, 0) is 0 Å². The van der Waals surface area contributed by atoms with Gasteiger partial charge in [-0.2, -0.15) is 10.5 Å². The normalized spacial score (nSPS) is 11.6. The van der Waals surface area contributed by atoms with Crippen molar-refractivity contribution in [3.8, 4) is 11.5 Å². The molecule has 0 aliphatic rings. The van der Waals surface area contributed by atoms with E-state index in [0.29, 0.717) is 13.2 Å². The van der Waals surface area contributed by atoms with Gasteiger partial charge in [-0.05, 0) is 91.5 Å². The Morgan fingerprint density at radius 2 is 1.39 bits per heavy atom. The molecule has 0 aromatic heterocycles. The summed E-state index contributed by atoms with van der Waals surface area (Å²) in [5, 5.41) is 13.4. The first-order chi connectivity index (χ1) is 13.2. The standard InChI is InChI=1S/C20H24N4O2S.HI/c1-4-25-18-10-6-16(7-11-18)14-21-23-20(27-3)24-22-15-17-8-12-19(13-9-17)26-5-2;/h6-15H,4-5H2,1-3H3,(H,23,24);1H/b21-14+,22-15+;. The van der Waals surface area contributed by atoms with E-state index in [1.54, 1.807) is 17.9 Å².